The van der Waals surface area contributed by atoms with Crippen LogP contribution in [0.5, 0.6) is 0 Å². The molecule has 0 aliphatic carbocycles. The number of rotatable bonds is 2. The summed E-state index contributed by atoms with van der Waals surface area (Å²) in [6.45, 7) is 3.13. The second kappa shape index (κ2) is 6.15. The minimum atomic E-state index is -0.0929. The molecular weight excluding hydrogens is 300 g/mol. The van der Waals surface area contributed by atoms with Gasteiger partial charge in [0.2, 0.25) is 0 Å². The summed E-state index contributed by atoms with van der Waals surface area (Å²) in [6, 6.07) is 11.7. The Balaban J connectivity index is 1.82. The van der Waals surface area contributed by atoms with Crippen LogP contribution >= 0.6 is 11.6 Å². The third kappa shape index (κ3) is 3.03. The van der Waals surface area contributed by atoms with E-state index in [0.717, 1.165) is 5.56 Å². The van der Waals surface area contributed by atoms with Crippen molar-refractivity contribution in [2.45, 2.75) is 19.1 Å². The van der Waals surface area contributed by atoms with Crippen LogP contribution in [0.3, 0.4) is 0 Å². The molecule has 1 fully saturated rings. The summed E-state index contributed by atoms with van der Waals surface area (Å²) >= 11 is 5.99. The molecule has 22 heavy (non-hydrogen) atoms. The van der Waals surface area contributed by atoms with Crippen LogP contribution in [0.4, 0.5) is 0 Å². The van der Waals surface area contributed by atoms with E-state index in [-0.39, 0.29) is 18.1 Å². The minimum Gasteiger partial charge on any atom is -0.367 e. The monoisotopic (exact) mass is 318 g/mol. The summed E-state index contributed by atoms with van der Waals surface area (Å²) < 4.78 is 7.76. The van der Waals surface area contributed by atoms with Gasteiger partial charge in [-0.25, -0.2) is 0 Å². The molecule has 1 saturated heterocycles. The highest BCUT2D eigenvalue weighted by Gasteiger charge is 2.30. The number of ether oxygens (including phenoxy) is 1. The van der Waals surface area contributed by atoms with Gasteiger partial charge in [0.05, 0.1) is 17.7 Å². The number of carbonyl (C=O) groups excluding carboxylic acids is 1. The number of morpholine rings is 1. The maximum Gasteiger partial charge on any atom is 0.270 e. The number of nitrogens with zero attached hydrogens (tertiary/aromatic N) is 2. The van der Waals surface area contributed by atoms with Gasteiger partial charge in [-0.2, -0.15) is 0 Å². The van der Waals surface area contributed by atoms with Crippen LogP contribution in [-0.2, 0) is 11.8 Å². The van der Waals surface area contributed by atoms with E-state index < -0.39 is 0 Å². The van der Waals surface area contributed by atoms with Gasteiger partial charge in [0.15, 0.2) is 0 Å². The van der Waals surface area contributed by atoms with Gasteiger partial charge in [-0.1, -0.05) is 41.9 Å². The number of aryl methyl sites for hydroxylation is 1. The lowest BCUT2D eigenvalue weighted by Gasteiger charge is -2.37. The smallest absolute Gasteiger partial charge is 0.270 e. The highest BCUT2D eigenvalue weighted by molar-refractivity contribution is 6.31. The number of carbonyl (C=O) groups is 1. The largest absolute Gasteiger partial charge is 0.367 e. The summed E-state index contributed by atoms with van der Waals surface area (Å²) in [4.78, 5) is 14.6. The van der Waals surface area contributed by atoms with Gasteiger partial charge in [0, 0.05) is 19.8 Å². The lowest BCUT2D eigenvalue weighted by Crippen LogP contribution is -2.46. The number of amides is 1. The van der Waals surface area contributed by atoms with Gasteiger partial charge in [-0.05, 0) is 18.6 Å². The van der Waals surface area contributed by atoms with Gasteiger partial charge in [0.1, 0.15) is 11.8 Å². The van der Waals surface area contributed by atoms with Crippen molar-refractivity contribution in [1.29, 1.82) is 0 Å². The van der Waals surface area contributed by atoms with Gasteiger partial charge in [0.25, 0.3) is 5.91 Å². The minimum absolute atomic E-state index is 0.00125. The van der Waals surface area contributed by atoms with E-state index in [1.54, 1.807) is 16.8 Å². The second-order valence-corrected chi connectivity index (χ2v) is 6.15. The van der Waals surface area contributed by atoms with Crippen LogP contribution in [-0.4, -0.2) is 34.6 Å². The van der Waals surface area contributed by atoms with E-state index >= 15 is 0 Å². The number of hydrogen-bond donors (Lipinski definition) is 0. The molecule has 2 aromatic rings. The predicted molar refractivity (Wildman–Crippen MR) is 86.1 cm³/mol. The molecule has 0 spiro atoms. The van der Waals surface area contributed by atoms with E-state index in [1.807, 2.05) is 49.2 Å². The lowest BCUT2D eigenvalue weighted by atomic mass is 10.1. The van der Waals surface area contributed by atoms with Crippen LogP contribution in [0.15, 0.2) is 42.6 Å². The first kappa shape index (κ1) is 15.1. The molecule has 1 amide bonds. The second-order valence-electron chi connectivity index (χ2n) is 5.71. The summed E-state index contributed by atoms with van der Waals surface area (Å²) in [5.41, 5.74) is 1.70. The first-order chi connectivity index (χ1) is 10.5. The zero-order valence-electron chi connectivity index (χ0n) is 12.7. The maximum absolute atomic E-state index is 12.7. The summed E-state index contributed by atoms with van der Waals surface area (Å²) in [5.74, 6) is -0.00881. The lowest BCUT2D eigenvalue weighted by molar-refractivity contribution is -0.0693. The van der Waals surface area contributed by atoms with Crippen molar-refractivity contribution in [2.75, 3.05) is 13.1 Å². The Morgan fingerprint density at radius 1 is 1.27 bits per heavy atom. The van der Waals surface area contributed by atoms with Crippen molar-refractivity contribution in [3.8, 4) is 0 Å². The van der Waals surface area contributed by atoms with Crippen LogP contribution < -0.4 is 0 Å². The number of halogens is 1. The van der Waals surface area contributed by atoms with Gasteiger partial charge in [-0.3, -0.25) is 4.79 Å². The fourth-order valence-corrected chi connectivity index (χ4v) is 3.12. The van der Waals surface area contributed by atoms with Crippen molar-refractivity contribution in [3.63, 3.8) is 0 Å². The Hall–Kier alpha value is -1.78. The Labute approximate surface area is 135 Å². The summed E-state index contributed by atoms with van der Waals surface area (Å²) in [7, 11) is 1.83. The summed E-state index contributed by atoms with van der Waals surface area (Å²) in [6.07, 6.45) is 1.65. The van der Waals surface area contributed by atoms with Crippen molar-refractivity contribution >= 4 is 17.5 Å². The normalized spacial score (nSPS) is 21.9. The molecule has 0 saturated carbocycles. The number of aromatic nitrogens is 1. The predicted octanol–water partition coefficient (Wildman–Crippen LogP) is 3.28. The maximum atomic E-state index is 12.7. The van der Waals surface area contributed by atoms with Crippen molar-refractivity contribution in [1.82, 2.24) is 9.47 Å². The Bertz CT molecular complexity index is 669. The molecule has 2 heterocycles. The molecule has 1 aromatic heterocycles. The number of hydrogen-bond acceptors (Lipinski definition) is 2. The fraction of sp³-hybridized carbons (Fsp3) is 0.353. The van der Waals surface area contributed by atoms with E-state index in [9.17, 15) is 4.79 Å². The molecule has 3 rings (SSSR count). The van der Waals surface area contributed by atoms with Crippen LogP contribution in [0.1, 0.15) is 29.1 Å². The molecule has 0 N–H and O–H groups in total. The van der Waals surface area contributed by atoms with Crippen molar-refractivity contribution in [3.05, 3.63) is 58.9 Å². The van der Waals surface area contributed by atoms with E-state index in [2.05, 4.69) is 0 Å². The molecule has 0 radical (unpaired) electrons. The molecule has 2 atom stereocenters. The van der Waals surface area contributed by atoms with Gasteiger partial charge >= 0.3 is 0 Å². The van der Waals surface area contributed by atoms with Crippen LogP contribution in [0.25, 0.3) is 0 Å². The Kier molecular flexibility index (Phi) is 4.23. The molecular formula is C17H19ClN2O2. The third-order valence-electron chi connectivity index (χ3n) is 3.91. The molecule has 5 heteroatoms. The van der Waals surface area contributed by atoms with E-state index in [1.165, 1.54) is 0 Å². The number of benzene rings is 1. The van der Waals surface area contributed by atoms with Gasteiger partial charge < -0.3 is 14.2 Å². The standard InChI is InChI=1S/C17H19ClN2O2/c1-12-9-20(17(21)15-8-14(18)10-19(15)2)11-16(22-12)13-6-4-3-5-7-13/h3-8,10,12,16H,9,11H2,1-2H3/t12-,16-/m1/s1. The van der Waals surface area contributed by atoms with E-state index in [0.29, 0.717) is 23.8 Å². The van der Waals surface area contributed by atoms with Crippen LogP contribution in [0, 0.1) is 0 Å². The Morgan fingerprint density at radius 3 is 2.64 bits per heavy atom. The molecule has 0 unspecified atom stereocenters. The fourth-order valence-electron chi connectivity index (χ4n) is 2.87. The van der Waals surface area contributed by atoms with Gasteiger partial charge in [-0.15, -0.1) is 0 Å². The zero-order chi connectivity index (χ0) is 15.7. The third-order valence-corrected chi connectivity index (χ3v) is 4.12. The Morgan fingerprint density at radius 2 is 2.00 bits per heavy atom. The topological polar surface area (TPSA) is 34.5 Å². The molecule has 0 bridgehead atoms. The molecule has 4 nitrogen and oxygen atoms in total. The highest BCUT2D eigenvalue weighted by atomic mass is 35.5. The SMILES string of the molecule is C[C@@H]1CN(C(=O)c2cc(Cl)cn2C)C[C@H](c2ccccc2)O1. The average Bonchev–Trinajstić information content (AvgIpc) is 2.85. The van der Waals surface area contributed by atoms with E-state index in [4.69, 9.17) is 16.3 Å². The summed E-state index contributed by atoms with van der Waals surface area (Å²) in [5, 5.41) is 0.576. The average molecular weight is 319 g/mol. The first-order valence-corrected chi connectivity index (χ1v) is 7.74. The van der Waals surface area contributed by atoms with Crippen LogP contribution in [0.2, 0.25) is 5.02 Å². The molecule has 1 aromatic carbocycles. The molecule has 1 aliphatic heterocycles. The van der Waals surface area contributed by atoms with Crippen molar-refractivity contribution < 1.29 is 9.53 Å². The molecule has 1 aliphatic rings. The zero-order valence-corrected chi connectivity index (χ0v) is 13.5. The van der Waals surface area contributed by atoms with Crippen molar-refractivity contribution in [2.24, 2.45) is 7.05 Å². The quantitative estimate of drug-likeness (QED) is 0.851. The molecule has 116 valence electrons. The highest BCUT2D eigenvalue weighted by Crippen LogP contribution is 2.26. The first-order valence-electron chi connectivity index (χ1n) is 7.36.